The summed E-state index contributed by atoms with van der Waals surface area (Å²) < 4.78 is 1.87. The van der Waals surface area contributed by atoms with Crippen molar-refractivity contribution < 1.29 is 4.79 Å². The van der Waals surface area contributed by atoms with Gasteiger partial charge in [-0.3, -0.25) is 4.79 Å². The van der Waals surface area contributed by atoms with E-state index in [0.717, 1.165) is 28.3 Å². The lowest BCUT2D eigenvalue weighted by molar-refractivity contribution is -0.116. The van der Waals surface area contributed by atoms with Gasteiger partial charge in [-0.05, 0) is 41.4 Å². The first-order valence-electron chi connectivity index (χ1n) is 9.28. The molecule has 2 aromatic carbocycles. The highest BCUT2D eigenvalue weighted by Gasteiger charge is 2.34. The Labute approximate surface area is 167 Å². The maximum absolute atomic E-state index is 12.6. The summed E-state index contributed by atoms with van der Waals surface area (Å²) in [7, 11) is 0. The molecule has 28 heavy (non-hydrogen) atoms. The number of hydrogen-bond donors (Lipinski definition) is 1. The van der Waals surface area contributed by atoms with Gasteiger partial charge < -0.3 is 5.32 Å². The number of amides is 1. The lowest BCUT2D eigenvalue weighted by Gasteiger charge is -2.24. The SMILES string of the molecule is Cc1ccc(-n2nc(-c3ccccc3)c3c2NC(=O)CC3c2ccsc2)cc1. The number of nitrogens with one attached hydrogen (secondary N) is 1. The lowest BCUT2D eigenvalue weighted by Crippen LogP contribution is -2.24. The molecular formula is C23H19N3OS. The van der Waals surface area contributed by atoms with Crippen LogP contribution in [0.2, 0.25) is 0 Å². The minimum Gasteiger partial charge on any atom is -0.310 e. The van der Waals surface area contributed by atoms with Crippen LogP contribution in [0.25, 0.3) is 16.9 Å². The number of anilines is 1. The molecule has 1 amide bonds. The van der Waals surface area contributed by atoms with Gasteiger partial charge in [0.2, 0.25) is 5.91 Å². The Morgan fingerprint density at radius 1 is 1.07 bits per heavy atom. The third-order valence-corrected chi connectivity index (χ3v) is 5.89. The fourth-order valence-corrected chi connectivity index (χ4v) is 4.51. The van der Waals surface area contributed by atoms with E-state index in [-0.39, 0.29) is 11.8 Å². The number of carbonyl (C=O) groups excluding carboxylic acids is 1. The summed E-state index contributed by atoms with van der Waals surface area (Å²) >= 11 is 1.66. The van der Waals surface area contributed by atoms with Crippen molar-refractivity contribution in [2.75, 3.05) is 5.32 Å². The van der Waals surface area contributed by atoms with E-state index in [9.17, 15) is 4.79 Å². The summed E-state index contributed by atoms with van der Waals surface area (Å²) in [6, 6.07) is 20.5. The molecule has 0 spiro atoms. The Balaban J connectivity index is 1.77. The van der Waals surface area contributed by atoms with Crippen LogP contribution in [0, 0.1) is 6.92 Å². The summed E-state index contributed by atoms with van der Waals surface area (Å²) in [5, 5.41) is 12.2. The second-order valence-electron chi connectivity index (χ2n) is 7.09. The highest BCUT2D eigenvalue weighted by atomic mass is 32.1. The number of fused-ring (bicyclic) bond motifs is 1. The summed E-state index contributed by atoms with van der Waals surface area (Å²) in [6.45, 7) is 2.06. The lowest BCUT2D eigenvalue weighted by atomic mass is 9.86. The van der Waals surface area contributed by atoms with Crippen molar-refractivity contribution in [3.8, 4) is 16.9 Å². The first-order chi connectivity index (χ1) is 13.7. The van der Waals surface area contributed by atoms with Crippen molar-refractivity contribution in [1.29, 1.82) is 0 Å². The molecule has 0 saturated heterocycles. The van der Waals surface area contributed by atoms with Gasteiger partial charge in [-0.25, -0.2) is 4.68 Å². The molecule has 0 aliphatic carbocycles. The maximum Gasteiger partial charge on any atom is 0.226 e. The quantitative estimate of drug-likeness (QED) is 0.514. The molecule has 1 aliphatic rings. The number of rotatable bonds is 3. The normalized spacial score (nSPS) is 15.9. The molecule has 4 aromatic rings. The predicted octanol–water partition coefficient (Wildman–Crippen LogP) is 5.38. The Bertz CT molecular complexity index is 1130. The number of hydrogen-bond acceptors (Lipinski definition) is 3. The van der Waals surface area contributed by atoms with Crippen LogP contribution in [0.3, 0.4) is 0 Å². The highest BCUT2D eigenvalue weighted by molar-refractivity contribution is 7.08. The van der Waals surface area contributed by atoms with Crippen LogP contribution in [0.5, 0.6) is 0 Å². The molecule has 1 N–H and O–H groups in total. The van der Waals surface area contributed by atoms with Crippen LogP contribution in [0.4, 0.5) is 5.82 Å². The van der Waals surface area contributed by atoms with Crippen molar-refractivity contribution >= 4 is 23.1 Å². The molecule has 2 aromatic heterocycles. The second-order valence-corrected chi connectivity index (χ2v) is 7.87. The van der Waals surface area contributed by atoms with Crippen LogP contribution in [0.1, 0.15) is 29.0 Å². The van der Waals surface area contributed by atoms with E-state index in [2.05, 4.69) is 53.3 Å². The molecule has 5 rings (SSSR count). The third-order valence-electron chi connectivity index (χ3n) is 5.19. The first-order valence-corrected chi connectivity index (χ1v) is 10.2. The molecule has 1 atom stereocenters. The summed E-state index contributed by atoms with van der Waals surface area (Å²) in [6.07, 6.45) is 0.434. The maximum atomic E-state index is 12.6. The molecule has 0 fully saturated rings. The molecule has 3 heterocycles. The van der Waals surface area contributed by atoms with E-state index in [1.54, 1.807) is 11.3 Å². The number of benzene rings is 2. The molecule has 138 valence electrons. The average molecular weight is 385 g/mol. The minimum absolute atomic E-state index is 0.00408. The smallest absolute Gasteiger partial charge is 0.226 e. The van der Waals surface area contributed by atoms with Gasteiger partial charge in [0.15, 0.2) is 0 Å². The van der Waals surface area contributed by atoms with E-state index in [1.807, 2.05) is 35.0 Å². The fraction of sp³-hybridized carbons (Fsp3) is 0.130. The van der Waals surface area contributed by atoms with Crippen molar-refractivity contribution in [3.05, 3.63) is 88.1 Å². The average Bonchev–Trinajstić information content (AvgIpc) is 3.37. The predicted molar refractivity (Wildman–Crippen MR) is 113 cm³/mol. The minimum atomic E-state index is 0.00408. The molecule has 0 radical (unpaired) electrons. The van der Waals surface area contributed by atoms with Gasteiger partial charge in [0.25, 0.3) is 0 Å². The van der Waals surface area contributed by atoms with Crippen LogP contribution >= 0.6 is 11.3 Å². The van der Waals surface area contributed by atoms with E-state index >= 15 is 0 Å². The number of thiophene rings is 1. The van der Waals surface area contributed by atoms with E-state index < -0.39 is 0 Å². The molecular weight excluding hydrogens is 366 g/mol. The molecule has 4 nitrogen and oxygen atoms in total. The van der Waals surface area contributed by atoms with Crippen molar-refractivity contribution in [1.82, 2.24) is 9.78 Å². The molecule has 1 unspecified atom stereocenters. The first kappa shape index (κ1) is 17.0. The zero-order valence-corrected chi connectivity index (χ0v) is 16.2. The van der Waals surface area contributed by atoms with Crippen LogP contribution in [-0.2, 0) is 4.79 Å². The van der Waals surface area contributed by atoms with Gasteiger partial charge in [-0.2, -0.15) is 16.4 Å². The number of aryl methyl sites for hydroxylation is 1. The zero-order chi connectivity index (χ0) is 19.1. The molecule has 1 aliphatic heterocycles. The number of aromatic nitrogens is 2. The van der Waals surface area contributed by atoms with E-state index in [1.165, 1.54) is 11.1 Å². The van der Waals surface area contributed by atoms with Crippen LogP contribution in [0.15, 0.2) is 71.4 Å². The Morgan fingerprint density at radius 2 is 1.86 bits per heavy atom. The molecule has 0 bridgehead atoms. The number of nitrogens with zero attached hydrogens (tertiary/aromatic N) is 2. The van der Waals surface area contributed by atoms with Crippen LogP contribution < -0.4 is 5.32 Å². The van der Waals surface area contributed by atoms with Gasteiger partial charge in [0, 0.05) is 23.5 Å². The second kappa shape index (κ2) is 6.77. The zero-order valence-electron chi connectivity index (χ0n) is 15.4. The Hall–Kier alpha value is -3.18. The van der Waals surface area contributed by atoms with Gasteiger partial charge in [0.1, 0.15) is 5.82 Å². The fourth-order valence-electron chi connectivity index (χ4n) is 3.79. The largest absolute Gasteiger partial charge is 0.310 e. The third kappa shape index (κ3) is 2.84. The molecule has 0 saturated carbocycles. The summed E-state index contributed by atoms with van der Waals surface area (Å²) in [5.74, 6) is 0.802. The van der Waals surface area contributed by atoms with E-state index in [4.69, 9.17) is 5.10 Å². The monoisotopic (exact) mass is 385 g/mol. The van der Waals surface area contributed by atoms with Crippen molar-refractivity contribution in [2.45, 2.75) is 19.3 Å². The van der Waals surface area contributed by atoms with E-state index in [0.29, 0.717) is 6.42 Å². The summed E-state index contributed by atoms with van der Waals surface area (Å²) in [4.78, 5) is 12.6. The van der Waals surface area contributed by atoms with Gasteiger partial charge in [-0.1, -0.05) is 48.0 Å². The van der Waals surface area contributed by atoms with Gasteiger partial charge >= 0.3 is 0 Å². The Kier molecular flexibility index (Phi) is 4.10. The highest BCUT2D eigenvalue weighted by Crippen LogP contribution is 2.44. The summed E-state index contributed by atoms with van der Waals surface area (Å²) in [5.41, 5.74) is 6.36. The number of carbonyl (C=O) groups is 1. The van der Waals surface area contributed by atoms with Gasteiger partial charge in [0.05, 0.1) is 11.4 Å². The Morgan fingerprint density at radius 3 is 2.57 bits per heavy atom. The van der Waals surface area contributed by atoms with Crippen molar-refractivity contribution in [3.63, 3.8) is 0 Å². The van der Waals surface area contributed by atoms with Crippen LogP contribution in [-0.4, -0.2) is 15.7 Å². The topological polar surface area (TPSA) is 46.9 Å². The standard InChI is InChI=1S/C23H19N3OS/c1-15-7-9-18(10-8-15)26-23-21(22(25-26)16-5-3-2-4-6-16)19(13-20(27)24-23)17-11-12-28-14-17/h2-12,14,19H,13H2,1H3,(H,24,27). The molecule has 5 heteroatoms. The van der Waals surface area contributed by atoms with Gasteiger partial charge in [-0.15, -0.1) is 0 Å². The van der Waals surface area contributed by atoms with Crippen molar-refractivity contribution in [2.24, 2.45) is 0 Å².